The second kappa shape index (κ2) is 5.57. The Morgan fingerprint density at radius 3 is 2.37 bits per heavy atom. The number of para-hydroxylation sites is 2. The predicted octanol–water partition coefficient (Wildman–Crippen LogP) is 3.15. The fourth-order valence-electron chi connectivity index (χ4n) is 1.86. The van der Waals surface area contributed by atoms with Gasteiger partial charge in [0.25, 0.3) is 5.91 Å². The van der Waals surface area contributed by atoms with E-state index in [0.717, 1.165) is 11.3 Å². The van der Waals surface area contributed by atoms with Gasteiger partial charge >= 0.3 is 0 Å². The number of rotatable bonds is 3. The minimum atomic E-state index is -0.0792. The second-order valence-corrected chi connectivity index (χ2v) is 4.23. The quantitative estimate of drug-likeness (QED) is 0.842. The summed E-state index contributed by atoms with van der Waals surface area (Å²) in [5.74, 6) is 0.594. The van der Waals surface area contributed by atoms with Crippen molar-refractivity contribution in [2.24, 2.45) is 0 Å². The molecule has 0 aliphatic heterocycles. The SMILES string of the molecule is [CH2]c1ccc(C(=O)N(C)c2ccccc2OC)cc1. The summed E-state index contributed by atoms with van der Waals surface area (Å²) in [6.45, 7) is 3.81. The van der Waals surface area contributed by atoms with Crippen LogP contribution in [0.5, 0.6) is 5.75 Å². The van der Waals surface area contributed by atoms with Crippen LogP contribution in [-0.4, -0.2) is 20.1 Å². The largest absolute Gasteiger partial charge is 0.495 e. The van der Waals surface area contributed by atoms with E-state index in [-0.39, 0.29) is 5.91 Å². The molecule has 3 heteroatoms. The highest BCUT2D eigenvalue weighted by Gasteiger charge is 2.16. The first-order valence-corrected chi connectivity index (χ1v) is 5.96. The van der Waals surface area contributed by atoms with E-state index in [0.29, 0.717) is 11.3 Å². The van der Waals surface area contributed by atoms with Crippen LogP contribution in [0, 0.1) is 6.92 Å². The number of methoxy groups -OCH3 is 1. The number of ether oxygens (including phenoxy) is 1. The van der Waals surface area contributed by atoms with Gasteiger partial charge in [-0.15, -0.1) is 0 Å². The van der Waals surface area contributed by atoms with E-state index in [4.69, 9.17) is 4.74 Å². The Labute approximate surface area is 113 Å². The van der Waals surface area contributed by atoms with Crippen molar-refractivity contribution in [3.8, 4) is 5.75 Å². The highest BCUT2D eigenvalue weighted by Crippen LogP contribution is 2.27. The molecule has 0 atom stereocenters. The summed E-state index contributed by atoms with van der Waals surface area (Å²) < 4.78 is 5.27. The zero-order valence-corrected chi connectivity index (χ0v) is 11.1. The van der Waals surface area contributed by atoms with E-state index in [1.54, 1.807) is 31.2 Å². The molecule has 0 unspecified atom stereocenters. The lowest BCUT2D eigenvalue weighted by Crippen LogP contribution is -2.26. The van der Waals surface area contributed by atoms with Crippen molar-refractivity contribution in [2.45, 2.75) is 0 Å². The van der Waals surface area contributed by atoms with E-state index >= 15 is 0 Å². The molecule has 0 saturated carbocycles. The van der Waals surface area contributed by atoms with Gasteiger partial charge in [-0.3, -0.25) is 4.79 Å². The van der Waals surface area contributed by atoms with Crippen molar-refractivity contribution in [1.82, 2.24) is 0 Å². The van der Waals surface area contributed by atoms with Gasteiger partial charge in [0, 0.05) is 12.6 Å². The molecule has 0 heterocycles. The summed E-state index contributed by atoms with van der Waals surface area (Å²) in [6, 6.07) is 14.6. The molecule has 3 nitrogen and oxygen atoms in total. The Balaban J connectivity index is 2.30. The average Bonchev–Trinajstić information content (AvgIpc) is 2.46. The fraction of sp³-hybridized carbons (Fsp3) is 0.125. The zero-order valence-electron chi connectivity index (χ0n) is 11.1. The smallest absolute Gasteiger partial charge is 0.258 e. The van der Waals surface area contributed by atoms with Crippen LogP contribution < -0.4 is 9.64 Å². The molecule has 0 N–H and O–H groups in total. The maximum absolute atomic E-state index is 12.4. The summed E-state index contributed by atoms with van der Waals surface area (Å²) in [5, 5.41) is 0. The number of anilines is 1. The number of amides is 1. The van der Waals surface area contributed by atoms with Crippen molar-refractivity contribution in [2.75, 3.05) is 19.1 Å². The summed E-state index contributed by atoms with van der Waals surface area (Å²) in [5.41, 5.74) is 2.26. The van der Waals surface area contributed by atoms with E-state index in [2.05, 4.69) is 6.92 Å². The first-order chi connectivity index (χ1) is 9.13. The molecule has 0 aliphatic carbocycles. The van der Waals surface area contributed by atoms with Gasteiger partial charge in [0.2, 0.25) is 0 Å². The van der Waals surface area contributed by atoms with Crippen molar-refractivity contribution in [3.63, 3.8) is 0 Å². The fourth-order valence-corrected chi connectivity index (χ4v) is 1.86. The zero-order chi connectivity index (χ0) is 13.8. The topological polar surface area (TPSA) is 29.5 Å². The lowest BCUT2D eigenvalue weighted by molar-refractivity contribution is 0.0992. The molecule has 0 fully saturated rings. The number of hydrogen-bond acceptors (Lipinski definition) is 2. The standard InChI is InChI=1S/C16H16NO2/c1-12-8-10-13(11-9-12)16(18)17(2)14-6-4-5-7-15(14)19-3/h4-11H,1H2,2-3H3. The Morgan fingerprint density at radius 2 is 1.74 bits per heavy atom. The Kier molecular flexibility index (Phi) is 3.85. The number of hydrogen-bond donors (Lipinski definition) is 0. The van der Waals surface area contributed by atoms with Crippen LogP contribution in [0.4, 0.5) is 5.69 Å². The highest BCUT2D eigenvalue weighted by atomic mass is 16.5. The van der Waals surface area contributed by atoms with Crippen molar-refractivity contribution >= 4 is 11.6 Å². The van der Waals surface area contributed by atoms with Gasteiger partial charge in [0.15, 0.2) is 0 Å². The molecule has 2 aromatic carbocycles. The number of carbonyl (C=O) groups excluding carboxylic acids is 1. The summed E-state index contributed by atoms with van der Waals surface area (Å²) in [4.78, 5) is 14.0. The Morgan fingerprint density at radius 1 is 1.11 bits per heavy atom. The van der Waals surface area contributed by atoms with Crippen LogP contribution in [0.3, 0.4) is 0 Å². The summed E-state index contributed by atoms with van der Waals surface area (Å²) >= 11 is 0. The minimum absolute atomic E-state index is 0.0792. The van der Waals surface area contributed by atoms with Gasteiger partial charge in [0.1, 0.15) is 5.75 Å². The maximum Gasteiger partial charge on any atom is 0.258 e. The Hall–Kier alpha value is -2.29. The van der Waals surface area contributed by atoms with Gasteiger partial charge in [-0.2, -0.15) is 0 Å². The summed E-state index contributed by atoms with van der Waals surface area (Å²) in [6.07, 6.45) is 0. The van der Waals surface area contributed by atoms with E-state index in [9.17, 15) is 4.79 Å². The first-order valence-electron chi connectivity index (χ1n) is 5.96. The monoisotopic (exact) mass is 254 g/mol. The van der Waals surface area contributed by atoms with Crippen LogP contribution in [0.15, 0.2) is 48.5 Å². The van der Waals surface area contributed by atoms with Crippen LogP contribution in [0.2, 0.25) is 0 Å². The van der Waals surface area contributed by atoms with Gasteiger partial charge in [-0.1, -0.05) is 24.3 Å². The second-order valence-electron chi connectivity index (χ2n) is 4.23. The lowest BCUT2D eigenvalue weighted by atomic mass is 10.1. The maximum atomic E-state index is 12.4. The van der Waals surface area contributed by atoms with E-state index in [1.807, 2.05) is 36.4 Å². The molecule has 0 saturated heterocycles. The van der Waals surface area contributed by atoms with Crippen molar-refractivity contribution in [1.29, 1.82) is 0 Å². The Bertz CT molecular complexity index is 576. The van der Waals surface area contributed by atoms with Gasteiger partial charge < -0.3 is 9.64 Å². The number of carbonyl (C=O) groups is 1. The minimum Gasteiger partial charge on any atom is -0.495 e. The average molecular weight is 254 g/mol. The van der Waals surface area contributed by atoms with E-state index < -0.39 is 0 Å². The van der Waals surface area contributed by atoms with Gasteiger partial charge in [0.05, 0.1) is 12.8 Å². The molecule has 1 amide bonds. The highest BCUT2D eigenvalue weighted by molar-refractivity contribution is 6.06. The normalized spacial score (nSPS) is 10.1. The molecule has 0 aromatic heterocycles. The number of benzene rings is 2. The van der Waals surface area contributed by atoms with E-state index in [1.165, 1.54) is 0 Å². The molecular formula is C16H16NO2. The molecule has 97 valence electrons. The van der Waals surface area contributed by atoms with Crippen LogP contribution >= 0.6 is 0 Å². The third-order valence-corrected chi connectivity index (χ3v) is 2.95. The molecule has 0 aliphatic rings. The molecule has 19 heavy (non-hydrogen) atoms. The first kappa shape index (κ1) is 13.1. The molecule has 1 radical (unpaired) electrons. The van der Waals surface area contributed by atoms with Crippen LogP contribution in [0.25, 0.3) is 0 Å². The molecule has 2 aromatic rings. The summed E-state index contributed by atoms with van der Waals surface area (Å²) in [7, 11) is 3.33. The third kappa shape index (κ3) is 2.76. The van der Waals surface area contributed by atoms with Crippen LogP contribution in [-0.2, 0) is 0 Å². The van der Waals surface area contributed by atoms with Crippen molar-refractivity contribution in [3.05, 3.63) is 66.6 Å². The molecule has 0 spiro atoms. The van der Waals surface area contributed by atoms with Crippen molar-refractivity contribution < 1.29 is 9.53 Å². The van der Waals surface area contributed by atoms with Crippen LogP contribution in [0.1, 0.15) is 15.9 Å². The van der Waals surface area contributed by atoms with Gasteiger partial charge in [-0.25, -0.2) is 0 Å². The molecule has 2 rings (SSSR count). The molecular weight excluding hydrogens is 238 g/mol. The third-order valence-electron chi connectivity index (χ3n) is 2.95. The predicted molar refractivity (Wildman–Crippen MR) is 76.6 cm³/mol. The lowest BCUT2D eigenvalue weighted by Gasteiger charge is -2.20. The number of nitrogens with zero attached hydrogens (tertiary/aromatic N) is 1. The molecule has 0 bridgehead atoms. The van der Waals surface area contributed by atoms with Gasteiger partial charge in [-0.05, 0) is 36.8 Å².